The van der Waals surface area contributed by atoms with Crippen LogP contribution in [0.5, 0.6) is 0 Å². The fourth-order valence-corrected chi connectivity index (χ4v) is 4.88. The first kappa shape index (κ1) is 25.9. The lowest BCUT2D eigenvalue weighted by molar-refractivity contribution is -0.137. The molecule has 0 aliphatic rings. The van der Waals surface area contributed by atoms with Gasteiger partial charge in [-0.1, -0.05) is 45.0 Å². The van der Waals surface area contributed by atoms with Crippen molar-refractivity contribution < 1.29 is 26.4 Å². The number of carbonyl (C=O) groups excluding carboxylic acids is 1. The predicted molar refractivity (Wildman–Crippen MR) is 118 cm³/mol. The van der Waals surface area contributed by atoms with E-state index >= 15 is 0 Å². The maximum atomic E-state index is 12.7. The van der Waals surface area contributed by atoms with Crippen LogP contribution in [0.1, 0.15) is 62.8 Å². The Morgan fingerprint density at radius 1 is 0.938 bits per heavy atom. The number of benzene rings is 2. The van der Waals surface area contributed by atoms with Crippen molar-refractivity contribution in [2.45, 2.75) is 57.1 Å². The Morgan fingerprint density at radius 2 is 1.44 bits per heavy atom. The Hall–Kier alpha value is -2.39. The summed E-state index contributed by atoms with van der Waals surface area (Å²) < 4.78 is 64.6. The van der Waals surface area contributed by atoms with Crippen LogP contribution in [0.25, 0.3) is 0 Å². The van der Waals surface area contributed by atoms with Gasteiger partial charge < -0.3 is 5.32 Å². The van der Waals surface area contributed by atoms with Crippen molar-refractivity contribution in [2.24, 2.45) is 0 Å². The van der Waals surface area contributed by atoms with Crippen LogP contribution in [0.15, 0.2) is 53.4 Å². The van der Waals surface area contributed by atoms with Gasteiger partial charge in [0.05, 0.1) is 16.5 Å². The van der Waals surface area contributed by atoms with Crippen molar-refractivity contribution in [3.8, 4) is 0 Å². The molecule has 9 heteroatoms. The minimum absolute atomic E-state index is 0.115. The molecule has 176 valence electrons. The minimum atomic E-state index is -4.39. The van der Waals surface area contributed by atoms with Gasteiger partial charge in [-0.3, -0.25) is 4.79 Å². The predicted octanol–water partition coefficient (Wildman–Crippen LogP) is 5.11. The second kappa shape index (κ2) is 10.5. The van der Waals surface area contributed by atoms with Crippen molar-refractivity contribution in [1.82, 2.24) is 9.62 Å². The molecule has 1 N–H and O–H groups in total. The average Bonchev–Trinajstić information content (AvgIpc) is 2.73. The molecule has 2 unspecified atom stereocenters. The number of nitrogens with one attached hydrogen (secondary N) is 1. The maximum absolute atomic E-state index is 12.7. The zero-order valence-electron chi connectivity index (χ0n) is 18.6. The molecule has 0 fully saturated rings. The van der Waals surface area contributed by atoms with Gasteiger partial charge in [-0.05, 0) is 48.2 Å². The molecule has 0 bridgehead atoms. The molecule has 32 heavy (non-hydrogen) atoms. The number of rotatable bonds is 9. The molecule has 0 aliphatic carbocycles. The summed E-state index contributed by atoms with van der Waals surface area (Å²) in [5, 5.41) is 2.86. The van der Waals surface area contributed by atoms with Crippen LogP contribution in [-0.4, -0.2) is 31.7 Å². The quantitative estimate of drug-likeness (QED) is 0.554. The van der Waals surface area contributed by atoms with Crippen molar-refractivity contribution in [1.29, 1.82) is 0 Å². The molecule has 0 saturated heterocycles. The molecular formula is C23H29F3N2O3S. The van der Waals surface area contributed by atoms with E-state index in [2.05, 4.69) is 5.32 Å². The van der Waals surface area contributed by atoms with E-state index in [9.17, 15) is 26.4 Å². The molecule has 2 aromatic carbocycles. The summed E-state index contributed by atoms with van der Waals surface area (Å²) in [5.41, 5.74) is 0.670. The number of carbonyl (C=O) groups is 1. The Balaban J connectivity index is 2.00. The topological polar surface area (TPSA) is 66.5 Å². The molecule has 2 aromatic rings. The lowest BCUT2D eigenvalue weighted by atomic mass is 9.96. The number of hydrogen-bond acceptors (Lipinski definition) is 3. The minimum Gasteiger partial charge on any atom is -0.350 e. The number of sulfonamides is 1. The Morgan fingerprint density at radius 3 is 1.91 bits per heavy atom. The monoisotopic (exact) mass is 470 g/mol. The van der Waals surface area contributed by atoms with Crippen LogP contribution in [0.3, 0.4) is 0 Å². The lowest BCUT2D eigenvalue weighted by Gasteiger charge is -2.20. The number of halogens is 3. The van der Waals surface area contributed by atoms with Gasteiger partial charge in [0, 0.05) is 19.5 Å². The number of hydrogen-bond donors (Lipinski definition) is 1. The summed E-state index contributed by atoms with van der Waals surface area (Å²) in [6, 6.07) is 10.8. The second-order valence-corrected chi connectivity index (χ2v) is 9.61. The van der Waals surface area contributed by atoms with Crippen LogP contribution >= 0.6 is 0 Å². The first-order valence-corrected chi connectivity index (χ1v) is 11.9. The van der Waals surface area contributed by atoms with E-state index in [-0.39, 0.29) is 29.2 Å². The van der Waals surface area contributed by atoms with Crippen molar-refractivity contribution in [3.05, 3.63) is 65.2 Å². The van der Waals surface area contributed by atoms with E-state index in [0.29, 0.717) is 18.7 Å². The zero-order valence-corrected chi connectivity index (χ0v) is 19.4. The van der Waals surface area contributed by atoms with E-state index in [1.165, 1.54) is 28.6 Å². The third-order valence-electron chi connectivity index (χ3n) is 5.40. The standard InChI is InChI=1S/C23H29F3N2O3S/c1-5-28(6-2)32(30,31)21-13-9-19(10-14-21)17(4)27-22(29)15-16(3)18-7-11-20(12-8-18)23(24,25)26/h7-14,16-17H,5-6,15H2,1-4H3,(H,27,29). The molecule has 0 radical (unpaired) electrons. The first-order chi connectivity index (χ1) is 14.9. The average molecular weight is 471 g/mol. The molecule has 0 aromatic heterocycles. The van der Waals surface area contributed by atoms with Crippen molar-refractivity contribution in [3.63, 3.8) is 0 Å². The summed E-state index contributed by atoms with van der Waals surface area (Å²) in [7, 11) is -3.55. The Kier molecular flexibility index (Phi) is 8.47. The molecule has 0 heterocycles. The van der Waals surface area contributed by atoms with Gasteiger partial charge in [0.2, 0.25) is 15.9 Å². The molecule has 2 atom stereocenters. The van der Waals surface area contributed by atoms with E-state index in [0.717, 1.165) is 17.7 Å². The normalized spacial score (nSPS) is 14.2. The summed E-state index contributed by atoms with van der Waals surface area (Å²) in [6.45, 7) is 7.88. The summed E-state index contributed by atoms with van der Waals surface area (Å²) in [4.78, 5) is 12.6. The highest BCUT2D eigenvalue weighted by molar-refractivity contribution is 7.89. The summed E-state index contributed by atoms with van der Waals surface area (Å²) in [6.07, 6.45) is -4.28. The van der Waals surface area contributed by atoms with Gasteiger partial charge in [0.25, 0.3) is 0 Å². The molecule has 0 aliphatic heterocycles. The molecule has 0 spiro atoms. The van der Waals surface area contributed by atoms with Gasteiger partial charge >= 0.3 is 6.18 Å². The van der Waals surface area contributed by atoms with Crippen molar-refractivity contribution in [2.75, 3.05) is 13.1 Å². The first-order valence-electron chi connectivity index (χ1n) is 10.5. The lowest BCUT2D eigenvalue weighted by Crippen LogP contribution is -2.30. The largest absolute Gasteiger partial charge is 0.416 e. The Labute approximate surface area is 187 Å². The van der Waals surface area contributed by atoms with Gasteiger partial charge in [-0.2, -0.15) is 17.5 Å². The third-order valence-corrected chi connectivity index (χ3v) is 7.46. The number of nitrogens with zero attached hydrogens (tertiary/aromatic N) is 1. The number of amides is 1. The maximum Gasteiger partial charge on any atom is 0.416 e. The number of alkyl halides is 3. The fraction of sp³-hybridized carbons (Fsp3) is 0.435. The SMILES string of the molecule is CCN(CC)S(=O)(=O)c1ccc(C(C)NC(=O)CC(C)c2ccc(C(F)(F)F)cc2)cc1. The third kappa shape index (κ3) is 6.32. The zero-order chi connectivity index (χ0) is 24.1. The van der Waals surface area contributed by atoms with Crippen LogP contribution in [0, 0.1) is 0 Å². The smallest absolute Gasteiger partial charge is 0.350 e. The molecule has 5 nitrogen and oxygen atoms in total. The van der Waals surface area contributed by atoms with Gasteiger partial charge in [-0.15, -0.1) is 0 Å². The van der Waals surface area contributed by atoms with Crippen LogP contribution in [0.4, 0.5) is 13.2 Å². The van der Waals surface area contributed by atoms with E-state index in [4.69, 9.17) is 0 Å². The highest BCUT2D eigenvalue weighted by Crippen LogP contribution is 2.30. The van der Waals surface area contributed by atoms with Crippen LogP contribution < -0.4 is 5.32 Å². The van der Waals surface area contributed by atoms with E-state index in [1.54, 1.807) is 39.8 Å². The molecule has 0 saturated carbocycles. The second-order valence-electron chi connectivity index (χ2n) is 7.67. The van der Waals surface area contributed by atoms with Gasteiger partial charge in [-0.25, -0.2) is 8.42 Å². The van der Waals surface area contributed by atoms with Crippen LogP contribution in [-0.2, 0) is 21.0 Å². The van der Waals surface area contributed by atoms with Gasteiger partial charge in [0.15, 0.2) is 0 Å². The summed E-state index contributed by atoms with van der Waals surface area (Å²) in [5.74, 6) is -0.504. The van der Waals surface area contributed by atoms with Crippen LogP contribution in [0.2, 0.25) is 0 Å². The molecular weight excluding hydrogens is 441 g/mol. The Bertz CT molecular complexity index is 1000. The highest BCUT2D eigenvalue weighted by Gasteiger charge is 2.30. The van der Waals surface area contributed by atoms with Crippen molar-refractivity contribution >= 4 is 15.9 Å². The highest BCUT2D eigenvalue weighted by atomic mass is 32.2. The molecule has 1 amide bonds. The van der Waals surface area contributed by atoms with E-state index < -0.39 is 21.8 Å². The van der Waals surface area contributed by atoms with E-state index in [1.807, 2.05) is 0 Å². The van der Waals surface area contributed by atoms with Gasteiger partial charge in [0.1, 0.15) is 0 Å². The fourth-order valence-electron chi connectivity index (χ4n) is 3.42. The summed E-state index contributed by atoms with van der Waals surface area (Å²) >= 11 is 0. The molecule has 2 rings (SSSR count).